The lowest BCUT2D eigenvalue weighted by Gasteiger charge is -2.11. The van der Waals surface area contributed by atoms with Crippen LogP contribution >= 0.6 is 0 Å². The number of rotatable bonds is 3. The third-order valence-corrected chi connectivity index (χ3v) is 2.66. The summed E-state index contributed by atoms with van der Waals surface area (Å²) in [6, 6.07) is 4.25. The second-order valence-corrected chi connectivity index (χ2v) is 4.25. The fourth-order valence-corrected chi connectivity index (χ4v) is 1.78. The molecule has 2 N–H and O–H groups in total. The van der Waals surface area contributed by atoms with E-state index >= 15 is 0 Å². The minimum Gasteiger partial charge on any atom is -0.406 e. The highest BCUT2D eigenvalue weighted by Gasteiger charge is 2.31. The van der Waals surface area contributed by atoms with Crippen molar-refractivity contribution in [1.82, 2.24) is 10.6 Å². The molecule has 0 unspecified atom stereocenters. The Hall–Kier alpha value is -2.25. The predicted molar refractivity (Wildman–Crippen MR) is 62.0 cm³/mol. The van der Waals surface area contributed by atoms with Crippen LogP contribution in [0.1, 0.15) is 16.8 Å². The van der Waals surface area contributed by atoms with Gasteiger partial charge in [-0.3, -0.25) is 9.59 Å². The lowest BCUT2D eigenvalue weighted by atomic mass is 10.2. The van der Waals surface area contributed by atoms with E-state index in [4.69, 9.17) is 0 Å². The molecule has 1 fully saturated rings. The number of alkyl halides is 3. The molecule has 5 nitrogen and oxygen atoms in total. The highest BCUT2D eigenvalue weighted by Crippen LogP contribution is 2.22. The van der Waals surface area contributed by atoms with Gasteiger partial charge in [-0.25, -0.2) is 0 Å². The summed E-state index contributed by atoms with van der Waals surface area (Å²) in [5.74, 6) is -0.999. The zero-order chi connectivity index (χ0) is 14.8. The Morgan fingerprint density at radius 3 is 2.45 bits per heavy atom. The summed E-state index contributed by atoms with van der Waals surface area (Å²) in [4.78, 5) is 22.8. The van der Waals surface area contributed by atoms with Gasteiger partial charge in [0.2, 0.25) is 5.91 Å². The lowest BCUT2D eigenvalue weighted by Crippen LogP contribution is -2.36. The molecule has 8 heteroatoms. The van der Waals surface area contributed by atoms with Crippen LogP contribution in [0.3, 0.4) is 0 Å². The Morgan fingerprint density at radius 1 is 1.30 bits per heavy atom. The molecule has 0 aliphatic carbocycles. The van der Waals surface area contributed by atoms with Gasteiger partial charge >= 0.3 is 6.36 Å². The van der Waals surface area contributed by atoms with Crippen molar-refractivity contribution < 1.29 is 27.5 Å². The van der Waals surface area contributed by atoms with Crippen LogP contribution in [0.4, 0.5) is 13.2 Å². The highest BCUT2D eigenvalue weighted by molar-refractivity contribution is 5.95. The van der Waals surface area contributed by atoms with Crippen molar-refractivity contribution in [3.05, 3.63) is 29.8 Å². The molecule has 0 bridgehead atoms. The fourth-order valence-electron chi connectivity index (χ4n) is 1.78. The maximum absolute atomic E-state index is 12.0. The van der Waals surface area contributed by atoms with Crippen LogP contribution in [0, 0.1) is 0 Å². The largest absolute Gasteiger partial charge is 0.573 e. The number of amides is 2. The number of ether oxygens (including phenoxy) is 1. The number of nitrogens with one attached hydrogen (secondary N) is 2. The topological polar surface area (TPSA) is 67.4 Å². The van der Waals surface area contributed by atoms with E-state index in [0.29, 0.717) is 6.54 Å². The fraction of sp³-hybridized carbons (Fsp3) is 0.333. The first-order valence-corrected chi connectivity index (χ1v) is 5.77. The number of hydrogen-bond acceptors (Lipinski definition) is 3. The van der Waals surface area contributed by atoms with Crippen molar-refractivity contribution in [2.24, 2.45) is 0 Å². The molecule has 20 heavy (non-hydrogen) atoms. The molecule has 1 aliphatic heterocycles. The van der Waals surface area contributed by atoms with Crippen LogP contribution in [0.5, 0.6) is 5.75 Å². The molecule has 1 atom stereocenters. The standard InChI is InChI=1S/C12H11F3N2O3/c13-12(14,15)20-9-3-1-7(2-4-9)11(19)17-8-5-10(18)16-6-8/h1-4,8H,5-6H2,(H,16,18)(H,17,19)/t8-/m1/s1. The molecule has 0 saturated carbocycles. The zero-order valence-corrected chi connectivity index (χ0v) is 10.2. The number of benzene rings is 1. The monoisotopic (exact) mass is 288 g/mol. The maximum atomic E-state index is 12.0. The molecule has 0 aromatic heterocycles. The summed E-state index contributed by atoms with van der Waals surface area (Å²) in [6.45, 7) is 0.347. The minimum absolute atomic E-state index is 0.149. The summed E-state index contributed by atoms with van der Waals surface area (Å²) in [5.41, 5.74) is 0.193. The van der Waals surface area contributed by atoms with Gasteiger partial charge in [-0.2, -0.15) is 0 Å². The quantitative estimate of drug-likeness (QED) is 0.878. The number of hydrogen-bond donors (Lipinski definition) is 2. The van der Waals surface area contributed by atoms with Gasteiger partial charge in [-0.05, 0) is 24.3 Å². The maximum Gasteiger partial charge on any atom is 0.573 e. The Balaban J connectivity index is 1.95. The van der Waals surface area contributed by atoms with Gasteiger partial charge in [0.05, 0.1) is 6.04 Å². The van der Waals surface area contributed by atoms with Gasteiger partial charge in [0.15, 0.2) is 0 Å². The summed E-state index contributed by atoms with van der Waals surface area (Å²) >= 11 is 0. The van der Waals surface area contributed by atoms with Gasteiger partial charge in [-0.1, -0.05) is 0 Å². The molecule has 1 aromatic rings. The van der Waals surface area contributed by atoms with Crippen molar-refractivity contribution in [3.8, 4) is 5.75 Å². The van der Waals surface area contributed by atoms with Crippen LogP contribution in [0.25, 0.3) is 0 Å². The number of carbonyl (C=O) groups is 2. The second-order valence-electron chi connectivity index (χ2n) is 4.25. The van der Waals surface area contributed by atoms with Gasteiger partial charge in [0, 0.05) is 18.5 Å². The molecule has 108 valence electrons. The smallest absolute Gasteiger partial charge is 0.406 e. The van der Waals surface area contributed by atoms with Crippen molar-refractivity contribution in [1.29, 1.82) is 0 Å². The molecular formula is C12H11F3N2O3. The van der Waals surface area contributed by atoms with Gasteiger partial charge in [-0.15, -0.1) is 13.2 Å². The van der Waals surface area contributed by atoms with Gasteiger partial charge in [0.1, 0.15) is 5.75 Å². The molecule has 1 saturated heterocycles. The van der Waals surface area contributed by atoms with E-state index in [1.54, 1.807) is 0 Å². The summed E-state index contributed by atoms with van der Waals surface area (Å²) in [6.07, 6.45) is -4.57. The van der Waals surface area contributed by atoms with Gasteiger partial charge < -0.3 is 15.4 Å². The highest BCUT2D eigenvalue weighted by atomic mass is 19.4. The normalized spacial score (nSPS) is 18.6. The molecule has 0 spiro atoms. The average Bonchev–Trinajstić information content (AvgIpc) is 2.73. The zero-order valence-electron chi connectivity index (χ0n) is 10.2. The van der Waals surface area contributed by atoms with E-state index in [2.05, 4.69) is 15.4 Å². The first-order valence-electron chi connectivity index (χ1n) is 5.77. The third-order valence-electron chi connectivity index (χ3n) is 2.66. The molecule has 1 heterocycles. The lowest BCUT2D eigenvalue weighted by molar-refractivity contribution is -0.274. The molecule has 1 aromatic carbocycles. The molecule has 1 aliphatic rings. The predicted octanol–water partition coefficient (Wildman–Crippen LogP) is 1.20. The number of halogens is 3. The Morgan fingerprint density at radius 2 is 1.95 bits per heavy atom. The Kier molecular flexibility index (Phi) is 3.82. The number of carbonyl (C=O) groups excluding carboxylic acids is 2. The van der Waals surface area contributed by atoms with Gasteiger partial charge in [0.25, 0.3) is 5.91 Å². The summed E-state index contributed by atoms with van der Waals surface area (Å²) < 4.78 is 39.6. The van der Waals surface area contributed by atoms with E-state index in [1.165, 1.54) is 12.1 Å². The van der Waals surface area contributed by atoms with E-state index in [1.807, 2.05) is 0 Å². The molecule has 2 amide bonds. The van der Waals surface area contributed by atoms with E-state index in [0.717, 1.165) is 12.1 Å². The average molecular weight is 288 g/mol. The van der Waals surface area contributed by atoms with Crippen LogP contribution < -0.4 is 15.4 Å². The molecular weight excluding hydrogens is 277 g/mol. The van der Waals surface area contributed by atoms with Crippen LogP contribution in [-0.4, -0.2) is 30.8 Å². The summed E-state index contributed by atoms with van der Waals surface area (Å²) in [7, 11) is 0. The van der Waals surface area contributed by atoms with Crippen LogP contribution in [0.15, 0.2) is 24.3 Å². The van der Waals surface area contributed by atoms with E-state index < -0.39 is 18.0 Å². The first kappa shape index (κ1) is 14.2. The molecule has 0 radical (unpaired) electrons. The van der Waals surface area contributed by atoms with Crippen molar-refractivity contribution in [2.45, 2.75) is 18.8 Å². The molecule has 2 rings (SSSR count). The van der Waals surface area contributed by atoms with E-state index in [-0.39, 0.29) is 23.9 Å². The third kappa shape index (κ3) is 3.87. The first-order chi connectivity index (χ1) is 9.33. The van der Waals surface area contributed by atoms with Crippen LogP contribution in [0.2, 0.25) is 0 Å². The second kappa shape index (κ2) is 5.40. The minimum atomic E-state index is -4.76. The van der Waals surface area contributed by atoms with E-state index in [9.17, 15) is 22.8 Å². The van der Waals surface area contributed by atoms with Crippen molar-refractivity contribution in [3.63, 3.8) is 0 Å². The van der Waals surface area contributed by atoms with Crippen molar-refractivity contribution >= 4 is 11.8 Å². The summed E-state index contributed by atoms with van der Waals surface area (Å²) in [5, 5.41) is 5.17. The van der Waals surface area contributed by atoms with Crippen LogP contribution in [-0.2, 0) is 4.79 Å². The SMILES string of the molecule is O=C1C[C@@H](NC(=O)c2ccc(OC(F)(F)F)cc2)CN1. The Labute approximate surface area is 112 Å². The Bertz CT molecular complexity index is 514. The van der Waals surface area contributed by atoms with Crippen molar-refractivity contribution in [2.75, 3.05) is 6.54 Å².